The molecule has 1 unspecified atom stereocenters. The van der Waals surface area contributed by atoms with Crippen molar-refractivity contribution in [1.29, 1.82) is 0 Å². The molecule has 0 N–H and O–H groups in total. The van der Waals surface area contributed by atoms with Gasteiger partial charge in [-0.2, -0.15) is 0 Å². The molecule has 1 aliphatic carbocycles. The maximum atomic E-state index is 6.31. The Morgan fingerprint density at radius 3 is 2.53 bits per heavy atom. The summed E-state index contributed by atoms with van der Waals surface area (Å²) in [5.41, 5.74) is 3.33. The zero-order chi connectivity index (χ0) is 11.1. The van der Waals surface area contributed by atoms with Crippen LogP contribution < -0.4 is 0 Å². The molecule has 0 bridgehead atoms. The second-order valence-corrected chi connectivity index (χ2v) is 31.6. The predicted octanol–water partition coefficient (Wildman–Crippen LogP) is 4.47. The monoisotopic (exact) mass is 333 g/mol. The molecule has 0 nitrogen and oxygen atoms in total. The first-order valence-electron chi connectivity index (χ1n) is 4.99. The first kappa shape index (κ1) is 12.1. The van der Waals surface area contributed by atoms with Gasteiger partial charge in [-0.1, -0.05) is 0 Å². The first-order valence-corrected chi connectivity index (χ1v) is 18.1. The van der Waals surface area contributed by atoms with Gasteiger partial charge in [0.25, 0.3) is 0 Å². The summed E-state index contributed by atoms with van der Waals surface area (Å²) in [5, 5.41) is -1.46. The van der Waals surface area contributed by atoms with E-state index in [0.29, 0.717) is 5.54 Å². The van der Waals surface area contributed by atoms with E-state index in [0.717, 1.165) is 0 Å². The van der Waals surface area contributed by atoms with E-state index in [-0.39, 0.29) is 0 Å². The molecule has 0 aliphatic heterocycles. The number of fused-ring (bicyclic) bond motifs is 1. The van der Waals surface area contributed by atoms with Crippen molar-refractivity contribution in [3.63, 3.8) is 0 Å². The first-order chi connectivity index (χ1) is 7.03. The average Bonchev–Trinajstić information content (AvgIpc) is 2.61. The molecule has 4 heteroatoms. The van der Waals surface area contributed by atoms with Gasteiger partial charge in [-0.25, -0.2) is 0 Å². The molecule has 79 valence electrons. The second kappa shape index (κ2) is 4.49. The van der Waals surface area contributed by atoms with Gasteiger partial charge in [0.05, 0.1) is 0 Å². The normalized spacial score (nSPS) is 19.1. The van der Waals surface area contributed by atoms with Gasteiger partial charge in [0.1, 0.15) is 0 Å². The zero-order valence-corrected chi connectivity index (χ0v) is 13.8. The van der Waals surface area contributed by atoms with Gasteiger partial charge in [-0.05, 0) is 0 Å². The van der Waals surface area contributed by atoms with E-state index in [1.807, 2.05) is 0 Å². The topological polar surface area (TPSA) is 0 Å². The van der Waals surface area contributed by atoms with Crippen LogP contribution in [0.4, 0.5) is 0 Å². The SMILES string of the molecule is C[Si](C)(C1C=Cc2ccccc21)[Zr]([Cl])[Cl]. The van der Waals surface area contributed by atoms with Crippen LogP contribution in [0.25, 0.3) is 6.08 Å². The number of hydrogen-bond acceptors (Lipinski definition) is 0. The van der Waals surface area contributed by atoms with Gasteiger partial charge in [-0.3, -0.25) is 0 Å². The van der Waals surface area contributed by atoms with E-state index in [4.69, 9.17) is 17.0 Å². The van der Waals surface area contributed by atoms with Gasteiger partial charge >= 0.3 is 107 Å². The van der Waals surface area contributed by atoms with Crippen LogP contribution in [0.2, 0.25) is 13.1 Å². The minimum absolute atomic E-state index is 0.540. The molecule has 1 aromatic rings. The quantitative estimate of drug-likeness (QED) is 0.700. The standard InChI is InChI=1S/C11H13Si.2ClH.Zr/c1-12(2)11-8-7-9-5-3-4-6-10(9)11;;;/h3-8,11H,1-2H3;2*1H;/q;;;+2/p-2. The van der Waals surface area contributed by atoms with E-state index in [1.165, 1.54) is 11.1 Å². The Labute approximate surface area is 106 Å². The Bertz CT molecular complexity index is 401. The molecule has 0 saturated carbocycles. The van der Waals surface area contributed by atoms with Crippen LogP contribution in [0.1, 0.15) is 16.7 Å². The summed E-state index contributed by atoms with van der Waals surface area (Å²) in [6, 6.07) is 8.58. The van der Waals surface area contributed by atoms with Crippen molar-refractivity contribution in [2.24, 2.45) is 0 Å². The second-order valence-electron chi connectivity index (χ2n) is 4.45. The van der Waals surface area contributed by atoms with Crippen molar-refractivity contribution in [2.45, 2.75) is 18.6 Å². The third-order valence-corrected chi connectivity index (χ3v) is 32.9. The Kier molecular flexibility index (Phi) is 3.62. The molecule has 0 saturated heterocycles. The van der Waals surface area contributed by atoms with E-state index in [2.05, 4.69) is 49.5 Å². The molecule has 0 amide bonds. The van der Waals surface area contributed by atoms with Crippen molar-refractivity contribution in [2.75, 3.05) is 0 Å². The van der Waals surface area contributed by atoms with Crippen LogP contribution in [0.5, 0.6) is 0 Å². The fraction of sp³-hybridized carbons (Fsp3) is 0.273. The van der Waals surface area contributed by atoms with Crippen molar-refractivity contribution in [1.82, 2.24) is 0 Å². The van der Waals surface area contributed by atoms with Gasteiger partial charge in [0.15, 0.2) is 0 Å². The Morgan fingerprint density at radius 2 is 1.87 bits per heavy atom. The molecule has 0 spiro atoms. The fourth-order valence-electron chi connectivity index (χ4n) is 2.00. The van der Waals surface area contributed by atoms with E-state index in [1.54, 1.807) is 0 Å². The Morgan fingerprint density at radius 1 is 1.20 bits per heavy atom. The fourth-order valence-corrected chi connectivity index (χ4v) is 11.6. The molecule has 0 heterocycles. The molecular weight excluding hydrogens is 322 g/mol. The van der Waals surface area contributed by atoms with E-state index < -0.39 is 23.7 Å². The molecular formula is C11H13Cl2SiZr. The van der Waals surface area contributed by atoms with Crippen molar-refractivity contribution in [3.05, 3.63) is 41.5 Å². The van der Waals surface area contributed by atoms with Crippen molar-refractivity contribution in [3.8, 4) is 0 Å². The Hall–Kier alpha value is 0.640. The Balaban J connectivity index is 2.40. The summed E-state index contributed by atoms with van der Waals surface area (Å²) in [4.78, 5) is 0. The van der Waals surface area contributed by atoms with Crippen molar-refractivity contribution >= 4 is 28.3 Å². The molecule has 2 rings (SSSR count). The summed E-state index contributed by atoms with van der Waals surface area (Å²) in [5.74, 6) is 0. The van der Waals surface area contributed by atoms with Gasteiger partial charge in [0.2, 0.25) is 0 Å². The van der Waals surface area contributed by atoms with Crippen LogP contribution in [0, 0.1) is 0 Å². The maximum absolute atomic E-state index is 6.31. The molecule has 1 aliphatic rings. The summed E-state index contributed by atoms with van der Waals surface area (Å²) in [6.07, 6.45) is 4.52. The molecule has 0 radical (unpaired) electrons. The molecule has 15 heavy (non-hydrogen) atoms. The molecule has 1 aromatic carbocycles. The molecule has 0 fully saturated rings. The predicted molar refractivity (Wildman–Crippen MR) is 67.4 cm³/mol. The van der Waals surface area contributed by atoms with Crippen LogP contribution in [-0.4, -0.2) is 5.20 Å². The number of benzene rings is 1. The van der Waals surface area contributed by atoms with Crippen LogP contribution in [0.15, 0.2) is 30.3 Å². The summed E-state index contributed by atoms with van der Waals surface area (Å²) in [7, 11) is 12.6. The van der Waals surface area contributed by atoms with E-state index in [9.17, 15) is 0 Å². The van der Waals surface area contributed by atoms with Crippen LogP contribution in [-0.2, 0) is 18.5 Å². The van der Waals surface area contributed by atoms with Crippen LogP contribution in [0.3, 0.4) is 0 Å². The number of halogens is 2. The third kappa shape index (κ3) is 2.20. The third-order valence-electron chi connectivity index (χ3n) is 3.06. The summed E-state index contributed by atoms with van der Waals surface area (Å²) < 4.78 is 0. The number of rotatable bonds is 2. The van der Waals surface area contributed by atoms with E-state index >= 15 is 0 Å². The number of allylic oxidation sites excluding steroid dienone is 1. The van der Waals surface area contributed by atoms with Gasteiger partial charge in [0, 0.05) is 0 Å². The van der Waals surface area contributed by atoms with Gasteiger partial charge < -0.3 is 0 Å². The molecule has 1 atom stereocenters. The number of hydrogen-bond donors (Lipinski definition) is 0. The average molecular weight is 335 g/mol. The van der Waals surface area contributed by atoms with Crippen LogP contribution >= 0.6 is 17.0 Å². The minimum atomic E-state index is -2.12. The summed E-state index contributed by atoms with van der Waals surface area (Å²) >= 11 is -2.12. The summed E-state index contributed by atoms with van der Waals surface area (Å²) in [6.45, 7) is 4.66. The van der Waals surface area contributed by atoms with Crippen molar-refractivity contribution < 1.29 is 18.5 Å². The zero-order valence-electron chi connectivity index (χ0n) is 8.80. The molecule has 0 aromatic heterocycles. The van der Waals surface area contributed by atoms with Gasteiger partial charge in [-0.15, -0.1) is 0 Å².